The standard InChI is InChI=1S/C57H103NO2/c1-47(2)32-26-21-17-13-14-18-22-28-34-49(5)38-40-54(41-42-55(59)36-30-23-19-15-16-20-24-31-43-57(10,11)12)46-56(60)45-53(9)58-52(8)39-37-51(7)44-50(6)35-29-25-27-33-48(3)4/h21,24,26,31,47,51-54,58H,3,5-6,13-20,22-23,25,27-30,32-46H2,1-2,4,7-12H3/b26-21-,31-24-. The van der Waals surface area contributed by atoms with Crippen LogP contribution in [-0.2, 0) is 9.59 Å². The highest BCUT2D eigenvalue weighted by atomic mass is 16.1. The molecule has 0 aromatic rings. The molecule has 1 N–H and O–H groups in total. The van der Waals surface area contributed by atoms with Crippen molar-refractivity contribution in [2.75, 3.05) is 0 Å². The van der Waals surface area contributed by atoms with Crippen LogP contribution in [-0.4, -0.2) is 23.7 Å². The van der Waals surface area contributed by atoms with Crippen molar-refractivity contribution in [2.45, 2.75) is 267 Å². The van der Waals surface area contributed by atoms with Gasteiger partial charge >= 0.3 is 0 Å². The van der Waals surface area contributed by atoms with E-state index in [9.17, 15) is 9.59 Å². The lowest BCUT2D eigenvalue weighted by atomic mass is 9.87. The summed E-state index contributed by atoms with van der Waals surface area (Å²) in [7, 11) is 0. The molecule has 4 unspecified atom stereocenters. The van der Waals surface area contributed by atoms with Crippen molar-refractivity contribution in [3.05, 3.63) is 60.8 Å². The largest absolute Gasteiger partial charge is 0.311 e. The third-order valence-corrected chi connectivity index (χ3v) is 12.1. The second kappa shape index (κ2) is 37.5. The maximum absolute atomic E-state index is 13.5. The van der Waals surface area contributed by atoms with Gasteiger partial charge in [-0.05, 0) is 166 Å². The van der Waals surface area contributed by atoms with Crippen molar-refractivity contribution in [3.8, 4) is 0 Å². The van der Waals surface area contributed by atoms with Crippen LogP contribution in [0.2, 0.25) is 0 Å². The summed E-state index contributed by atoms with van der Waals surface area (Å²) in [5.41, 5.74) is 4.37. The maximum Gasteiger partial charge on any atom is 0.134 e. The summed E-state index contributed by atoms with van der Waals surface area (Å²) in [6.45, 7) is 33.2. The number of allylic oxidation sites excluding steroid dienone is 7. The van der Waals surface area contributed by atoms with Gasteiger partial charge in [0.05, 0.1) is 0 Å². The molecule has 60 heavy (non-hydrogen) atoms. The first-order valence-electron chi connectivity index (χ1n) is 25.5. The predicted octanol–water partition coefficient (Wildman–Crippen LogP) is 17.9. The molecule has 0 heterocycles. The van der Waals surface area contributed by atoms with Crippen LogP contribution < -0.4 is 5.32 Å². The number of nitrogens with one attached hydrogen (secondary N) is 1. The fourth-order valence-corrected chi connectivity index (χ4v) is 8.28. The van der Waals surface area contributed by atoms with Crippen molar-refractivity contribution >= 4 is 11.6 Å². The molecule has 0 rings (SSSR count). The Hall–Kier alpha value is -2.00. The Labute approximate surface area is 376 Å². The minimum absolute atomic E-state index is 0.157. The topological polar surface area (TPSA) is 46.2 Å². The molecular formula is C57H103NO2. The quantitative estimate of drug-likeness (QED) is 0.0492. The first-order chi connectivity index (χ1) is 28.5. The van der Waals surface area contributed by atoms with Gasteiger partial charge in [0.2, 0.25) is 0 Å². The average molecular weight is 834 g/mol. The van der Waals surface area contributed by atoms with E-state index >= 15 is 0 Å². The van der Waals surface area contributed by atoms with Crippen molar-refractivity contribution in [3.63, 3.8) is 0 Å². The highest BCUT2D eigenvalue weighted by Gasteiger charge is 2.19. The molecule has 3 heteroatoms. The van der Waals surface area contributed by atoms with Gasteiger partial charge in [-0.25, -0.2) is 0 Å². The summed E-state index contributed by atoms with van der Waals surface area (Å²) in [4.78, 5) is 26.5. The molecule has 0 aromatic heterocycles. The molecule has 4 atom stereocenters. The maximum atomic E-state index is 13.5. The lowest BCUT2D eigenvalue weighted by Gasteiger charge is -2.23. The van der Waals surface area contributed by atoms with E-state index in [1.165, 1.54) is 113 Å². The van der Waals surface area contributed by atoms with Crippen molar-refractivity contribution in [1.82, 2.24) is 5.32 Å². The molecule has 0 bridgehead atoms. The summed E-state index contributed by atoms with van der Waals surface area (Å²) >= 11 is 0. The Morgan fingerprint density at radius 1 is 0.517 bits per heavy atom. The van der Waals surface area contributed by atoms with E-state index in [0.717, 1.165) is 76.5 Å². The predicted molar refractivity (Wildman–Crippen MR) is 269 cm³/mol. The number of rotatable bonds is 42. The number of carbonyl (C=O) groups excluding carboxylic acids is 2. The highest BCUT2D eigenvalue weighted by molar-refractivity contribution is 5.80. The van der Waals surface area contributed by atoms with E-state index in [-0.39, 0.29) is 12.0 Å². The molecule has 0 aliphatic rings. The van der Waals surface area contributed by atoms with Gasteiger partial charge in [0.15, 0.2) is 0 Å². The van der Waals surface area contributed by atoms with Crippen LogP contribution in [0, 0.1) is 23.2 Å². The molecule has 0 aliphatic carbocycles. The molecular weight excluding hydrogens is 731 g/mol. The average Bonchev–Trinajstić information content (AvgIpc) is 3.15. The van der Waals surface area contributed by atoms with E-state index < -0.39 is 0 Å². The SMILES string of the molecule is C=C(C)CCCCCC(=C)CC(C)CCC(C)NC(C)CC(=O)CC(CCC(=C)CCCCCCC/C=C\CC(C)C)CCC(=O)CCCCCCC/C=C\CC(C)(C)C. The van der Waals surface area contributed by atoms with E-state index in [4.69, 9.17) is 0 Å². The lowest BCUT2D eigenvalue weighted by molar-refractivity contribution is -0.122. The molecule has 0 aliphatic heterocycles. The Morgan fingerprint density at radius 3 is 1.67 bits per heavy atom. The molecule has 0 aromatic carbocycles. The molecule has 0 spiro atoms. The van der Waals surface area contributed by atoms with Gasteiger partial charge < -0.3 is 5.32 Å². The van der Waals surface area contributed by atoms with E-state index in [0.29, 0.717) is 54.6 Å². The first-order valence-corrected chi connectivity index (χ1v) is 25.5. The fraction of sp³-hybridized carbons (Fsp3) is 0.789. The zero-order valence-corrected chi connectivity index (χ0v) is 41.8. The Balaban J connectivity index is 4.76. The summed E-state index contributed by atoms with van der Waals surface area (Å²) in [6, 6.07) is 0.536. The van der Waals surface area contributed by atoms with Crippen LogP contribution >= 0.6 is 0 Å². The van der Waals surface area contributed by atoms with Crippen LogP contribution in [0.3, 0.4) is 0 Å². The highest BCUT2D eigenvalue weighted by Crippen LogP contribution is 2.26. The molecule has 348 valence electrons. The first kappa shape index (κ1) is 58.0. The number of hydrogen-bond donors (Lipinski definition) is 1. The van der Waals surface area contributed by atoms with Gasteiger partial charge in [0, 0.05) is 37.8 Å². The number of unbranched alkanes of at least 4 members (excludes halogenated alkanes) is 12. The number of carbonyl (C=O) groups is 2. The zero-order chi connectivity index (χ0) is 45.0. The molecule has 0 radical (unpaired) electrons. The van der Waals surface area contributed by atoms with Gasteiger partial charge in [0.1, 0.15) is 11.6 Å². The van der Waals surface area contributed by atoms with E-state index in [1.807, 2.05) is 0 Å². The second-order valence-corrected chi connectivity index (χ2v) is 21.3. The fourth-order valence-electron chi connectivity index (χ4n) is 8.28. The second-order valence-electron chi connectivity index (χ2n) is 21.3. The van der Waals surface area contributed by atoms with Crippen molar-refractivity contribution in [2.24, 2.45) is 23.2 Å². The number of ketones is 2. The molecule has 0 amide bonds. The van der Waals surface area contributed by atoms with Gasteiger partial charge in [0.25, 0.3) is 0 Å². The molecule has 0 saturated heterocycles. The van der Waals surface area contributed by atoms with Crippen LogP contribution in [0.4, 0.5) is 0 Å². The third kappa shape index (κ3) is 41.4. The summed E-state index contributed by atoms with van der Waals surface area (Å²) < 4.78 is 0. The van der Waals surface area contributed by atoms with Crippen molar-refractivity contribution < 1.29 is 9.59 Å². The lowest BCUT2D eigenvalue weighted by Crippen LogP contribution is -2.36. The summed E-state index contributed by atoms with van der Waals surface area (Å²) in [6.07, 6.45) is 42.1. The third-order valence-electron chi connectivity index (χ3n) is 12.1. The zero-order valence-electron chi connectivity index (χ0n) is 41.8. The summed E-state index contributed by atoms with van der Waals surface area (Å²) in [5, 5.41) is 3.73. The number of Topliss-reactive ketones (excluding diaryl/α,β-unsaturated/α-hetero) is 2. The van der Waals surface area contributed by atoms with Crippen LogP contribution in [0.5, 0.6) is 0 Å². The van der Waals surface area contributed by atoms with Crippen LogP contribution in [0.1, 0.15) is 255 Å². The van der Waals surface area contributed by atoms with Crippen LogP contribution in [0.25, 0.3) is 0 Å². The minimum Gasteiger partial charge on any atom is -0.311 e. The molecule has 0 fully saturated rings. The monoisotopic (exact) mass is 834 g/mol. The minimum atomic E-state index is 0.157. The Morgan fingerprint density at radius 2 is 1.05 bits per heavy atom. The Bertz CT molecular complexity index is 1180. The summed E-state index contributed by atoms with van der Waals surface area (Å²) in [5.74, 6) is 2.36. The molecule has 0 saturated carbocycles. The van der Waals surface area contributed by atoms with E-state index in [1.54, 1.807) is 0 Å². The number of hydrogen-bond acceptors (Lipinski definition) is 3. The van der Waals surface area contributed by atoms with Gasteiger partial charge in [-0.15, -0.1) is 6.58 Å². The molecule has 3 nitrogen and oxygen atoms in total. The van der Waals surface area contributed by atoms with Gasteiger partial charge in [-0.3, -0.25) is 9.59 Å². The van der Waals surface area contributed by atoms with Gasteiger partial charge in [-0.1, -0.05) is 141 Å². The normalized spacial score (nSPS) is 14.2. The van der Waals surface area contributed by atoms with Crippen LogP contribution in [0.15, 0.2) is 60.8 Å². The Kier molecular flexibility index (Phi) is 36.3. The van der Waals surface area contributed by atoms with Gasteiger partial charge in [-0.2, -0.15) is 0 Å². The van der Waals surface area contributed by atoms with Crippen molar-refractivity contribution in [1.29, 1.82) is 0 Å². The smallest absolute Gasteiger partial charge is 0.134 e. The van der Waals surface area contributed by atoms with E-state index in [2.05, 4.69) is 112 Å².